The SMILES string of the molecule is O=C(O)CCn1c(-c2ccc(Cl)s2)nc2ccc(-c3ccccc3-c3nn[nH]n3)cc2c1=O. The molecule has 0 aliphatic rings. The van der Waals surface area contributed by atoms with Crippen molar-refractivity contribution >= 4 is 39.8 Å². The van der Waals surface area contributed by atoms with Crippen LogP contribution in [0.4, 0.5) is 0 Å². The maximum atomic E-state index is 13.5. The molecule has 3 heterocycles. The van der Waals surface area contributed by atoms with Crippen LogP contribution in [0.2, 0.25) is 4.34 Å². The van der Waals surface area contributed by atoms with Gasteiger partial charge >= 0.3 is 5.97 Å². The lowest BCUT2D eigenvalue weighted by molar-refractivity contribution is -0.137. The van der Waals surface area contributed by atoms with Gasteiger partial charge in [0.2, 0.25) is 5.82 Å². The summed E-state index contributed by atoms with van der Waals surface area (Å²) in [4.78, 5) is 30.1. The van der Waals surface area contributed by atoms with E-state index in [2.05, 4.69) is 25.6 Å². The van der Waals surface area contributed by atoms with Crippen LogP contribution in [0.25, 0.3) is 44.1 Å². The Bertz CT molecular complexity index is 1540. The van der Waals surface area contributed by atoms with E-state index >= 15 is 0 Å². The van der Waals surface area contributed by atoms with E-state index < -0.39 is 5.97 Å². The molecule has 9 nitrogen and oxygen atoms in total. The Morgan fingerprint density at radius 3 is 2.64 bits per heavy atom. The molecule has 0 spiro atoms. The van der Waals surface area contributed by atoms with Crippen LogP contribution in [0, 0.1) is 0 Å². The van der Waals surface area contributed by atoms with Crippen molar-refractivity contribution in [3.05, 3.63) is 69.3 Å². The van der Waals surface area contributed by atoms with E-state index in [0.717, 1.165) is 16.7 Å². The van der Waals surface area contributed by atoms with Crippen LogP contribution < -0.4 is 5.56 Å². The van der Waals surface area contributed by atoms with Crippen molar-refractivity contribution in [3.63, 3.8) is 0 Å². The number of nitrogens with zero attached hydrogens (tertiary/aromatic N) is 5. The number of carboxylic acid groups (broad SMARTS) is 1. The summed E-state index contributed by atoms with van der Waals surface area (Å²) in [5.41, 5.74) is 2.55. The van der Waals surface area contributed by atoms with Gasteiger partial charge in [-0.25, -0.2) is 4.98 Å². The van der Waals surface area contributed by atoms with Gasteiger partial charge in [0.25, 0.3) is 5.56 Å². The van der Waals surface area contributed by atoms with Gasteiger partial charge in [-0.05, 0) is 40.6 Å². The predicted octanol–water partition coefficient (Wildman–Crippen LogP) is 4.10. The van der Waals surface area contributed by atoms with Gasteiger partial charge in [-0.2, -0.15) is 5.21 Å². The van der Waals surface area contributed by atoms with Crippen molar-refractivity contribution in [1.29, 1.82) is 0 Å². The van der Waals surface area contributed by atoms with Crippen molar-refractivity contribution in [2.75, 3.05) is 0 Å². The number of benzene rings is 2. The molecule has 0 saturated carbocycles. The number of carboxylic acids is 1. The topological polar surface area (TPSA) is 127 Å². The molecule has 0 atom stereocenters. The number of aliphatic carboxylic acids is 1. The highest BCUT2D eigenvalue weighted by Crippen LogP contribution is 2.33. The summed E-state index contributed by atoms with van der Waals surface area (Å²) < 4.78 is 1.95. The Labute approximate surface area is 195 Å². The van der Waals surface area contributed by atoms with Crippen LogP contribution in [0.5, 0.6) is 0 Å². The molecule has 3 aromatic heterocycles. The molecule has 0 saturated heterocycles. The Balaban J connectivity index is 1.70. The van der Waals surface area contributed by atoms with Crippen LogP contribution >= 0.6 is 22.9 Å². The number of rotatable bonds is 6. The number of carbonyl (C=O) groups is 1. The maximum absolute atomic E-state index is 13.5. The van der Waals surface area contributed by atoms with E-state index in [1.165, 1.54) is 15.9 Å². The molecule has 164 valence electrons. The van der Waals surface area contributed by atoms with Crippen LogP contribution in [0.1, 0.15) is 6.42 Å². The Morgan fingerprint density at radius 2 is 1.94 bits per heavy atom. The third kappa shape index (κ3) is 4.01. The minimum Gasteiger partial charge on any atom is -0.481 e. The molecule has 2 N–H and O–H groups in total. The van der Waals surface area contributed by atoms with E-state index in [-0.39, 0.29) is 18.5 Å². The van der Waals surface area contributed by atoms with Crippen LogP contribution in [-0.4, -0.2) is 41.3 Å². The molecule has 5 rings (SSSR count). The van der Waals surface area contributed by atoms with Crippen LogP contribution in [0.3, 0.4) is 0 Å². The van der Waals surface area contributed by atoms with E-state index in [1.807, 2.05) is 30.3 Å². The summed E-state index contributed by atoms with van der Waals surface area (Å²) in [6, 6.07) is 16.4. The molecule has 0 unspecified atom stereocenters. The minimum absolute atomic E-state index is 0.00830. The monoisotopic (exact) mass is 478 g/mol. The van der Waals surface area contributed by atoms with Gasteiger partial charge in [0, 0.05) is 12.1 Å². The number of fused-ring (bicyclic) bond motifs is 1. The van der Waals surface area contributed by atoms with Gasteiger partial charge in [0.05, 0.1) is 26.5 Å². The summed E-state index contributed by atoms with van der Waals surface area (Å²) in [5, 5.41) is 23.8. The van der Waals surface area contributed by atoms with Gasteiger partial charge in [-0.3, -0.25) is 14.2 Å². The molecule has 0 aliphatic carbocycles. The van der Waals surface area contributed by atoms with Gasteiger partial charge in [-0.15, -0.1) is 21.5 Å². The summed E-state index contributed by atoms with van der Waals surface area (Å²) >= 11 is 7.37. The molecule has 5 aromatic rings. The zero-order valence-electron chi connectivity index (χ0n) is 16.9. The molecule has 0 radical (unpaired) electrons. The number of hydrogen-bond acceptors (Lipinski definition) is 7. The number of thiophene rings is 1. The summed E-state index contributed by atoms with van der Waals surface area (Å²) in [5.74, 6) is -0.168. The first-order chi connectivity index (χ1) is 16.0. The van der Waals surface area contributed by atoms with E-state index in [1.54, 1.807) is 24.3 Å². The number of aromatic amines is 1. The Kier molecular flexibility index (Phi) is 5.45. The third-order valence-electron chi connectivity index (χ3n) is 5.12. The van der Waals surface area contributed by atoms with E-state index in [4.69, 9.17) is 11.6 Å². The lowest BCUT2D eigenvalue weighted by Gasteiger charge is -2.13. The second-order valence-corrected chi connectivity index (χ2v) is 8.87. The average molecular weight is 479 g/mol. The van der Waals surface area contributed by atoms with Gasteiger partial charge in [0.1, 0.15) is 0 Å². The Hall–Kier alpha value is -3.89. The summed E-state index contributed by atoms with van der Waals surface area (Å²) in [6.45, 7) is -0.00830. The fraction of sp³-hybridized carbons (Fsp3) is 0.0909. The van der Waals surface area contributed by atoms with Gasteiger partial charge in [-0.1, -0.05) is 41.9 Å². The Morgan fingerprint density at radius 1 is 1.12 bits per heavy atom. The van der Waals surface area contributed by atoms with Crippen molar-refractivity contribution in [1.82, 2.24) is 30.2 Å². The van der Waals surface area contributed by atoms with Crippen LogP contribution in [0.15, 0.2) is 59.4 Å². The van der Waals surface area contributed by atoms with Crippen molar-refractivity contribution in [2.24, 2.45) is 0 Å². The number of H-pyrrole nitrogens is 1. The number of halogens is 1. The molecule has 11 heteroatoms. The van der Waals surface area contributed by atoms with Crippen molar-refractivity contribution in [3.8, 4) is 33.2 Å². The zero-order chi connectivity index (χ0) is 22.9. The quantitative estimate of drug-likeness (QED) is 0.376. The highest BCUT2D eigenvalue weighted by atomic mass is 35.5. The second-order valence-electron chi connectivity index (χ2n) is 7.15. The van der Waals surface area contributed by atoms with Crippen molar-refractivity contribution in [2.45, 2.75) is 13.0 Å². The molecular formula is C22H15ClN6O3S. The lowest BCUT2D eigenvalue weighted by atomic mass is 9.98. The van der Waals surface area contributed by atoms with E-state index in [9.17, 15) is 14.7 Å². The first-order valence-corrected chi connectivity index (χ1v) is 11.1. The fourth-order valence-corrected chi connectivity index (χ4v) is 4.67. The highest BCUT2D eigenvalue weighted by molar-refractivity contribution is 7.19. The zero-order valence-corrected chi connectivity index (χ0v) is 18.5. The summed E-state index contributed by atoms with van der Waals surface area (Å²) in [7, 11) is 0. The predicted molar refractivity (Wildman–Crippen MR) is 125 cm³/mol. The number of aromatic nitrogens is 6. The molecule has 0 bridgehead atoms. The molecule has 0 aliphatic heterocycles. The maximum Gasteiger partial charge on any atom is 0.305 e. The first kappa shape index (κ1) is 21.0. The summed E-state index contributed by atoms with van der Waals surface area (Å²) in [6.07, 6.45) is -0.209. The number of tetrazole rings is 1. The second kappa shape index (κ2) is 8.57. The molecule has 0 fully saturated rings. The smallest absolute Gasteiger partial charge is 0.305 e. The van der Waals surface area contributed by atoms with Gasteiger partial charge in [0.15, 0.2) is 5.82 Å². The van der Waals surface area contributed by atoms with Gasteiger partial charge < -0.3 is 5.11 Å². The first-order valence-electron chi connectivity index (χ1n) is 9.86. The largest absolute Gasteiger partial charge is 0.481 e. The van der Waals surface area contributed by atoms with Crippen molar-refractivity contribution < 1.29 is 9.90 Å². The molecule has 0 amide bonds. The number of nitrogens with one attached hydrogen (secondary N) is 1. The highest BCUT2D eigenvalue weighted by Gasteiger charge is 2.17. The standard InChI is InChI=1S/C22H15ClN6O3S/c23-18-8-7-17(33-18)21-24-16-6-5-12(11-15(16)22(32)29(21)10-9-19(30)31)13-3-1-2-4-14(13)20-25-27-28-26-20/h1-8,11H,9-10H2,(H,30,31)(H,25,26,27,28). The number of hydrogen-bond donors (Lipinski definition) is 2. The fourth-order valence-electron chi connectivity index (χ4n) is 3.63. The minimum atomic E-state index is -1.00. The average Bonchev–Trinajstić information content (AvgIpc) is 3.50. The lowest BCUT2D eigenvalue weighted by Crippen LogP contribution is -2.24. The molecule has 33 heavy (non-hydrogen) atoms. The molecular weight excluding hydrogens is 464 g/mol. The normalized spacial score (nSPS) is 11.2. The van der Waals surface area contributed by atoms with Crippen LogP contribution in [-0.2, 0) is 11.3 Å². The third-order valence-corrected chi connectivity index (χ3v) is 6.35. The van der Waals surface area contributed by atoms with E-state index in [0.29, 0.717) is 31.8 Å². The molecule has 2 aromatic carbocycles.